The van der Waals surface area contributed by atoms with Crippen LogP contribution in [0, 0.1) is 89.8 Å². The van der Waals surface area contributed by atoms with Crippen LogP contribution < -0.4 is 0 Å². The Labute approximate surface area is 122 Å². The van der Waals surface area contributed by atoms with Gasteiger partial charge in [0.15, 0.2) is 0 Å². The SMILES string of the molecule is N#C[B-](C#N)(C#N)C#N.N#C[B-](C#N)(C#N)C#N.[Zn+2]. The van der Waals surface area contributed by atoms with Crippen molar-refractivity contribution in [2.45, 2.75) is 0 Å². The zero-order chi connectivity index (χ0) is 14.7. The number of nitriles is 8. The Morgan fingerprint density at radius 3 is 0.474 bits per heavy atom. The second-order valence-electron chi connectivity index (χ2n) is 2.76. The van der Waals surface area contributed by atoms with Gasteiger partial charge in [-0.25, -0.2) is 42.1 Å². The molecule has 0 aromatic heterocycles. The monoisotopic (exact) mass is 294 g/mol. The molecule has 0 atom stereocenters. The standard InChI is InChI=1S/2C4BN4.Zn/c2*6-1-5(2-7,3-8)4-9;/q2*-1;+2. The summed E-state index contributed by atoms with van der Waals surface area (Å²) in [6.07, 6.45) is -5.44. The molecule has 0 aliphatic heterocycles. The summed E-state index contributed by atoms with van der Waals surface area (Å²) in [4.78, 5) is 0. The average molecular weight is 295 g/mol. The molecule has 0 aliphatic rings. The Hall–Kier alpha value is -3.33. The molecule has 0 N–H and O–H groups in total. The fourth-order valence-corrected chi connectivity index (χ4v) is 0.346. The van der Waals surface area contributed by atoms with E-state index >= 15 is 0 Å². The van der Waals surface area contributed by atoms with E-state index < -0.39 is 12.3 Å². The van der Waals surface area contributed by atoms with Gasteiger partial charge in [0, 0.05) is 0 Å². The summed E-state index contributed by atoms with van der Waals surface area (Å²) in [5, 5.41) is 64.7. The van der Waals surface area contributed by atoms with Crippen molar-refractivity contribution in [2.75, 3.05) is 0 Å². The van der Waals surface area contributed by atoms with Crippen molar-refractivity contribution >= 4 is 12.3 Å². The van der Waals surface area contributed by atoms with Gasteiger partial charge in [-0.05, 0) is 0 Å². The molecule has 80 valence electrons. The number of hydrogen-bond donors (Lipinski definition) is 0. The predicted octanol–water partition coefficient (Wildman–Crippen LogP) is -0.630. The van der Waals surface area contributed by atoms with Crippen molar-refractivity contribution in [3.63, 3.8) is 0 Å². The summed E-state index contributed by atoms with van der Waals surface area (Å²) in [7, 11) is 0. The van der Waals surface area contributed by atoms with Gasteiger partial charge in [0.25, 0.3) is 0 Å². The van der Waals surface area contributed by atoms with E-state index in [1.165, 1.54) is 47.7 Å². The van der Waals surface area contributed by atoms with Gasteiger partial charge in [0.1, 0.15) is 0 Å². The Morgan fingerprint density at radius 1 is 0.368 bits per heavy atom. The van der Waals surface area contributed by atoms with Crippen LogP contribution in [0.15, 0.2) is 0 Å². The van der Waals surface area contributed by atoms with Gasteiger partial charge >= 0.3 is 31.8 Å². The van der Waals surface area contributed by atoms with Crippen LogP contribution in [0.5, 0.6) is 0 Å². The topological polar surface area (TPSA) is 190 Å². The van der Waals surface area contributed by atoms with Crippen molar-refractivity contribution < 1.29 is 19.5 Å². The number of rotatable bonds is 0. The predicted molar refractivity (Wildman–Crippen MR) is 56.4 cm³/mol. The molecule has 0 rings (SSSR count). The Bertz CT molecular complexity index is 476. The molecule has 0 aromatic rings. The van der Waals surface area contributed by atoms with E-state index in [-0.39, 0.29) is 19.5 Å². The van der Waals surface area contributed by atoms with Gasteiger partial charge in [-0.1, -0.05) is 0 Å². The Morgan fingerprint density at radius 2 is 0.474 bits per heavy atom. The maximum atomic E-state index is 8.09. The second-order valence-corrected chi connectivity index (χ2v) is 2.76. The van der Waals surface area contributed by atoms with E-state index in [0.717, 1.165) is 0 Å². The van der Waals surface area contributed by atoms with Gasteiger partial charge in [-0.15, -0.1) is 47.7 Å². The maximum absolute atomic E-state index is 8.09. The van der Waals surface area contributed by atoms with Crippen LogP contribution in [0.4, 0.5) is 0 Å². The van der Waals surface area contributed by atoms with Crippen LogP contribution in [-0.2, 0) is 19.5 Å². The number of nitrogens with zero attached hydrogens (tertiary/aromatic N) is 8. The fourth-order valence-electron chi connectivity index (χ4n) is 0.346. The smallest absolute Gasteiger partial charge is 0.245 e. The molecule has 0 saturated carbocycles. The van der Waals surface area contributed by atoms with E-state index in [2.05, 4.69) is 0 Å². The molecule has 0 heterocycles. The third-order valence-electron chi connectivity index (χ3n) is 1.55. The molecule has 11 heteroatoms. The molecule has 0 aliphatic carbocycles. The molecule has 0 bridgehead atoms. The van der Waals surface area contributed by atoms with E-state index in [9.17, 15) is 0 Å². The first-order valence-corrected chi connectivity index (χ1v) is 4.10. The van der Waals surface area contributed by atoms with Crippen LogP contribution >= 0.6 is 0 Å². The van der Waals surface area contributed by atoms with E-state index in [4.69, 9.17) is 42.1 Å². The molecule has 0 spiro atoms. The van der Waals surface area contributed by atoms with E-state index in [1.807, 2.05) is 0 Å². The van der Waals surface area contributed by atoms with Gasteiger partial charge in [0.2, 0.25) is 0 Å². The maximum Gasteiger partial charge on any atom is 2.00 e. The summed E-state index contributed by atoms with van der Waals surface area (Å²) < 4.78 is 0. The Kier molecular flexibility index (Phi) is 10.9. The molecule has 0 unspecified atom stereocenters. The molecule has 0 aromatic carbocycles. The summed E-state index contributed by atoms with van der Waals surface area (Å²) in [6, 6.07) is 0. The first-order valence-electron chi connectivity index (χ1n) is 4.10. The van der Waals surface area contributed by atoms with Crippen molar-refractivity contribution in [3.05, 3.63) is 0 Å². The minimum Gasteiger partial charge on any atom is -0.245 e. The zero-order valence-corrected chi connectivity index (χ0v) is 12.4. The first-order chi connectivity index (χ1) is 8.49. The quantitative estimate of drug-likeness (QED) is 0.527. The van der Waals surface area contributed by atoms with Crippen LogP contribution in [-0.4, -0.2) is 12.3 Å². The summed E-state index contributed by atoms with van der Waals surface area (Å²) in [6.45, 7) is 0. The van der Waals surface area contributed by atoms with Gasteiger partial charge < -0.3 is 0 Å². The summed E-state index contributed by atoms with van der Waals surface area (Å²) >= 11 is 0. The molecule has 0 fully saturated rings. The molecule has 0 amide bonds. The van der Waals surface area contributed by atoms with Gasteiger partial charge in [-0.2, -0.15) is 0 Å². The van der Waals surface area contributed by atoms with Crippen molar-refractivity contribution in [1.29, 1.82) is 42.1 Å². The minimum absolute atomic E-state index is 0. The van der Waals surface area contributed by atoms with Crippen molar-refractivity contribution in [2.24, 2.45) is 0 Å². The largest absolute Gasteiger partial charge is 2.00 e. The Balaban J connectivity index is -0.000000256. The normalized spacial score (nSPS) is 7.16. The van der Waals surface area contributed by atoms with Crippen LogP contribution in [0.25, 0.3) is 0 Å². The second kappa shape index (κ2) is 9.87. The van der Waals surface area contributed by atoms with Crippen LogP contribution in [0.2, 0.25) is 0 Å². The van der Waals surface area contributed by atoms with Gasteiger partial charge in [-0.3, -0.25) is 0 Å². The van der Waals surface area contributed by atoms with E-state index in [1.54, 1.807) is 0 Å². The first kappa shape index (κ1) is 21.0. The van der Waals surface area contributed by atoms with Crippen molar-refractivity contribution in [3.8, 4) is 47.7 Å². The molecule has 8 nitrogen and oxygen atoms in total. The fraction of sp³-hybridized carbons (Fsp3) is 0. The number of hydrogen-bond acceptors (Lipinski definition) is 8. The van der Waals surface area contributed by atoms with E-state index in [0.29, 0.717) is 0 Å². The minimum atomic E-state index is -2.72. The van der Waals surface area contributed by atoms with Crippen LogP contribution in [0.1, 0.15) is 0 Å². The van der Waals surface area contributed by atoms with Crippen molar-refractivity contribution in [1.82, 2.24) is 0 Å². The zero-order valence-electron chi connectivity index (χ0n) is 9.44. The molecule has 19 heavy (non-hydrogen) atoms. The summed E-state index contributed by atoms with van der Waals surface area (Å²) in [5.74, 6) is 10.8. The summed E-state index contributed by atoms with van der Waals surface area (Å²) in [5.41, 5.74) is 0. The molecule has 0 saturated heterocycles. The molecule has 0 radical (unpaired) electrons. The third-order valence-corrected chi connectivity index (χ3v) is 1.55. The molecular formula is C8B2N8Zn. The third kappa shape index (κ3) is 5.51. The molecular weight excluding hydrogens is 295 g/mol. The van der Waals surface area contributed by atoms with Crippen LogP contribution in [0.3, 0.4) is 0 Å². The van der Waals surface area contributed by atoms with Gasteiger partial charge in [0.05, 0.1) is 0 Å². The average Bonchev–Trinajstić information content (AvgIpc) is 2.46.